The van der Waals surface area contributed by atoms with Gasteiger partial charge in [0.15, 0.2) is 11.5 Å². The largest absolute Gasteiger partial charge is 0.454 e. The molecular formula is C20H25N3O5S. The maximum absolute atomic E-state index is 12.6. The summed E-state index contributed by atoms with van der Waals surface area (Å²) in [6, 6.07) is 12.0. The lowest BCUT2D eigenvalue weighted by molar-refractivity contribution is -0.119. The van der Waals surface area contributed by atoms with Crippen molar-refractivity contribution in [1.82, 2.24) is 9.62 Å². The predicted octanol–water partition coefficient (Wildman–Crippen LogP) is 2.17. The maximum Gasteiger partial charge on any atom is 0.243 e. The second-order valence-corrected chi connectivity index (χ2v) is 8.37. The average Bonchev–Trinajstić information content (AvgIpc) is 3.19. The second-order valence-electron chi connectivity index (χ2n) is 6.44. The van der Waals surface area contributed by atoms with Gasteiger partial charge in [-0.05, 0) is 35.9 Å². The number of nitrogens with one attached hydrogen (secondary N) is 2. The number of benzene rings is 2. The SMILES string of the molecule is CCN(CC)S(=O)(=O)c1cccc(NCC(=O)NCc2ccc3c(c2)OCO3)c1. The minimum atomic E-state index is -3.54. The Kier molecular flexibility index (Phi) is 6.60. The summed E-state index contributed by atoms with van der Waals surface area (Å²) in [6.45, 7) is 4.99. The molecular weight excluding hydrogens is 394 g/mol. The zero-order valence-corrected chi connectivity index (χ0v) is 17.3. The van der Waals surface area contributed by atoms with Gasteiger partial charge in [0.1, 0.15) is 0 Å². The van der Waals surface area contributed by atoms with Crippen LogP contribution in [-0.4, -0.2) is 45.1 Å². The van der Waals surface area contributed by atoms with Crippen molar-refractivity contribution < 1.29 is 22.7 Å². The van der Waals surface area contributed by atoms with Gasteiger partial charge < -0.3 is 20.1 Å². The fourth-order valence-corrected chi connectivity index (χ4v) is 4.48. The van der Waals surface area contributed by atoms with Crippen LogP contribution in [0.25, 0.3) is 0 Å². The Morgan fingerprint density at radius 3 is 2.59 bits per heavy atom. The molecule has 8 nitrogen and oxygen atoms in total. The van der Waals surface area contributed by atoms with Crippen LogP contribution in [0.15, 0.2) is 47.4 Å². The minimum Gasteiger partial charge on any atom is -0.454 e. The van der Waals surface area contributed by atoms with Gasteiger partial charge in [-0.1, -0.05) is 26.0 Å². The van der Waals surface area contributed by atoms with Crippen LogP contribution < -0.4 is 20.1 Å². The van der Waals surface area contributed by atoms with Gasteiger partial charge in [0.25, 0.3) is 0 Å². The van der Waals surface area contributed by atoms with E-state index in [1.165, 1.54) is 4.31 Å². The van der Waals surface area contributed by atoms with Gasteiger partial charge in [0.2, 0.25) is 22.7 Å². The van der Waals surface area contributed by atoms with Crippen LogP contribution in [0.5, 0.6) is 11.5 Å². The Morgan fingerprint density at radius 2 is 1.83 bits per heavy atom. The number of hydrogen-bond donors (Lipinski definition) is 2. The summed E-state index contributed by atoms with van der Waals surface area (Å²) in [5.74, 6) is 1.15. The first-order valence-electron chi connectivity index (χ1n) is 9.43. The molecule has 1 aliphatic rings. The third-order valence-corrected chi connectivity index (χ3v) is 6.60. The number of hydrogen-bond acceptors (Lipinski definition) is 6. The number of amides is 1. The average molecular weight is 420 g/mol. The fraction of sp³-hybridized carbons (Fsp3) is 0.350. The van der Waals surface area contributed by atoms with Gasteiger partial charge >= 0.3 is 0 Å². The van der Waals surface area contributed by atoms with Crippen LogP contribution in [0.4, 0.5) is 5.69 Å². The first kappa shape index (κ1) is 20.9. The number of nitrogens with zero attached hydrogens (tertiary/aromatic N) is 1. The Balaban J connectivity index is 1.55. The first-order chi connectivity index (χ1) is 13.9. The van der Waals surface area contributed by atoms with Gasteiger partial charge in [-0.25, -0.2) is 8.42 Å². The van der Waals surface area contributed by atoms with Crippen LogP contribution in [0.1, 0.15) is 19.4 Å². The zero-order valence-electron chi connectivity index (χ0n) is 16.5. The lowest BCUT2D eigenvalue weighted by atomic mass is 10.2. The Hall–Kier alpha value is -2.78. The molecule has 0 fully saturated rings. The van der Waals surface area contributed by atoms with E-state index < -0.39 is 10.0 Å². The van der Waals surface area contributed by atoms with Crippen molar-refractivity contribution >= 4 is 21.6 Å². The van der Waals surface area contributed by atoms with E-state index >= 15 is 0 Å². The highest BCUT2D eigenvalue weighted by Gasteiger charge is 2.21. The maximum atomic E-state index is 12.6. The highest BCUT2D eigenvalue weighted by Crippen LogP contribution is 2.32. The van der Waals surface area contributed by atoms with Crippen LogP contribution in [0.3, 0.4) is 0 Å². The number of anilines is 1. The van der Waals surface area contributed by atoms with Crippen molar-refractivity contribution in [3.8, 4) is 11.5 Å². The summed E-state index contributed by atoms with van der Waals surface area (Å²) in [5.41, 5.74) is 1.46. The van der Waals surface area contributed by atoms with Gasteiger partial charge in [-0.15, -0.1) is 0 Å². The van der Waals surface area contributed by atoms with Gasteiger partial charge in [-0.3, -0.25) is 4.79 Å². The van der Waals surface area contributed by atoms with Crippen molar-refractivity contribution in [3.63, 3.8) is 0 Å². The molecule has 0 saturated heterocycles. The molecule has 3 rings (SSSR count). The smallest absolute Gasteiger partial charge is 0.243 e. The third kappa shape index (κ3) is 4.99. The molecule has 2 aromatic carbocycles. The van der Waals surface area contributed by atoms with Crippen molar-refractivity contribution in [2.24, 2.45) is 0 Å². The molecule has 1 heterocycles. The molecule has 0 unspecified atom stereocenters. The monoisotopic (exact) mass is 419 g/mol. The molecule has 2 aromatic rings. The zero-order chi connectivity index (χ0) is 20.9. The standard InChI is InChI=1S/C20H25N3O5S/c1-3-23(4-2)29(25,26)17-7-5-6-16(11-17)21-13-20(24)22-12-15-8-9-18-19(10-15)28-14-27-18/h5-11,21H,3-4,12-14H2,1-2H3,(H,22,24). The summed E-state index contributed by atoms with van der Waals surface area (Å²) in [4.78, 5) is 12.4. The predicted molar refractivity (Wildman–Crippen MR) is 109 cm³/mol. The van der Waals surface area contributed by atoms with Crippen LogP contribution in [-0.2, 0) is 21.4 Å². The van der Waals surface area contributed by atoms with E-state index in [0.29, 0.717) is 36.8 Å². The van der Waals surface area contributed by atoms with E-state index in [-0.39, 0.29) is 24.1 Å². The van der Waals surface area contributed by atoms with Crippen LogP contribution in [0, 0.1) is 0 Å². The van der Waals surface area contributed by atoms with E-state index in [0.717, 1.165) is 5.56 Å². The van der Waals surface area contributed by atoms with E-state index in [1.807, 2.05) is 18.2 Å². The summed E-state index contributed by atoms with van der Waals surface area (Å²) in [7, 11) is -3.54. The molecule has 29 heavy (non-hydrogen) atoms. The molecule has 0 aliphatic carbocycles. The molecule has 0 bridgehead atoms. The molecule has 0 spiro atoms. The fourth-order valence-electron chi connectivity index (χ4n) is 2.98. The second kappa shape index (κ2) is 9.15. The quantitative estimate of drug-likeness (QED) is 0.647. The van der Waals surface area contributed by atoms with E-state index in [4.69, 9.17) is 9.47 Å². The van der Waals surface area contributed by atoms with Crippen molar-refractivity contribution in [2.45, 2.75) is 25.3 Å². The highest BCUT2D eigenvalue weighted by molar-refractivity contribution is 7.89. The van der Waals surface area contributed by atoms with Crippen molar-refractivity contribution in [3.05, 3.63) is 48.0 Å². The summed E-state index contributed by atoms with van der Waals surface area (Å²) >= 11 is 0. The van der Waals surface area contributed by atoms with Crippen molar-refractivity contribution in [2.75, 3.05) is 31.7 Å². The number of carbonyl (C=O) groups excluding carboxylic acids is 1. The molecule has 1 aliphatic heterocycles. The number of carbonyl (C=O) groups is 1. The lowest BCUT2D eigenvalue weighted by Crippen LogP contribution is -2.31. The normalized spacial score (nSPS) is 12.8. The Bertz CT molecular complexity index is 974. The molecule has 1 amide bonds. The van der Waals surface area contributed by atoms with Gasteiger partial charge in [-0.2, -0.15) is 4.31 Å². The number of rotatable bonds is 9. The molecule has 0 radical (unpaired) electrons. The topological polar surface area (TPSA) is 97.0 Å². The van der Waals surface area contributed by atoms with Gasteiger partial charge in [0, 0.05) is 25.3 Å². The van der Waals surface area contributed by atoms with Gasteiger partial charge in [0.05, 0.1) is 11.4 Å². The number of fused-ring (bicyclic) bond motifs is 1. The van der Waals surface area contributed by atoms with E-state index in [2.05, 4.69) is 10.6 Å². The summed E-state index contributed by atoms with van der Waals surface area (Å²) in [5, 5.41) is 5.79. The summed E-state index contributed by atoms with van der Waals surface area (Å²) < 4.78 is 37.2. The summed E-state index contributed by atoms with van der Waals surface area (Å²) in [6.07, 6.45) is 0. The number of sulfonamides is 1. The van der Waals surface area contributed by atoms with Crippen molar-refractivity contribution in [1.29, 1.82) is 0 Å². The van der Waals surface area contributed by atoms with E-state index in [9.17, 15) is 13.2 Å². The Labute approximate surface area is 170 Å². The molecule has 2 N–H and O–H groups in total. The molecule has 0 aromatic heterocycles. The molecule has 9 heteroatoms. The molecule has 156 valence electrons. The lowest BCUT2D eigenvalue weighted by Gasteiger charge is -2.19. The number of ether oxygens (including phenoxy) is 2. The Morgan fingerprint density at radius 1 is 1.07 bits per heavy atom. The first-order valence-corrected chi connectivity index (χ1v) is 10.9. The van der Waals surface area contributed by atoms with E-state index in [1.54, 1.807) is 38.1 Å². The highest BCUT2D eigenvalue weighted by atomic mass is 32.2. The third-order valence-electron chi connectivity index (χ3n) is 4.56. The molecule has 0 atom stereocenters. The molecule has 0 saturated carbocycles. The van der Waals surface area contributed by atoms with Crippen LogP contribution in [0.2, 0.25) is 0 Å². The van der Waals surface area contributed by atoms with Crippen LogP contribution >= 0.6 is 0 Å². The minimum absolute atomic E-state index is 0.0271.